The van der Waals surface area contributed by atoms with Crippen molar-refractivity contribution in [3.05, 3.63) is 30.7 Å². The van der Waals surface area contributed by atoms with Crippen LogP contribution in [0.2, 0.25) is 0 Å². The molecular formula is C14H19N5. The molecular weight excluding hydrogens is 238 g/mol. The first-order valence-electron chi connectivity index (χ1n) is 6.75. The molecule has 5 heteroatoms. The number of pyridine rings is 1. The minimum absolute atomic E-state index is 0.418. The molecule has 0 spiro atoms. The third-order valence-electron chi connectivity index (χ3n) is 3.95. The largest absolute Gasteiger partial charge is 0.304 e. The van der Waals surface area contributed by atoms with Crippen molar-refractivity contribution in [2.24, 2.45) is 5.92 Å². The lowest BCUT2D eigenvalue weighted by Crippen LogP contribution is -2.38. The Hall–Kier alpha value is -1.75. The Morgan fingerprint density at radius 3 is 2.84 bits per heavy atom. The van der Waals surface area contributed by atoms with Gasteiger partial charge in [0.25, 0.3) is 0 Å². The molecule has 3 heterocycles. The lowest BCUT2D eigenvalue weighted by molar-refractivity contribution is 0.147. The number of hydrogen-bond donors (Lipinski definition) is 0. The second-order valence-electron chi connectivity index (χ2n) is 5.42. The van der Waals surface area contributed by atoms with E-state index in [1.54, 1.807) is 12.4 Å². The lowest BCUT2D eigenvalue weighted by Gasteiger charge is -2.34. The molecule has 5 nitrogen and oxygen atoms in total. The van der Waals surface area contributed by atoms with Gasteiger partial charge in [-0.3, -0.25) is 4.98 Å². The van der Waals surface area contributed by atoms with Gasteiger partial charge in [0.1, 0.15) is 5.69 Å². The summed E-state index contributed by atoms with van der Waals surface area (Å²) in [5.41, 5.74) is 1.99. The topological polar surface area (TPSA) is 46.8 Å². The van der Waals surface area contributed by atoms with Crippen LogP contribution in [0.5, 0.6) is 0 Å². The second kappa shape index (κ2) is 5.09. The molecule has 1 saturated heterocycles. The van der Waals surface area contributed by atoms with Crippen molar-refractivity contribution in [1.29, 1.82) is 0 Å². The Morgan fingerprint density at radius 1 is 1.26 bits per heavy atom. The normalized spacial score (nSPS) is 24.5. The summed E-state index contributed by atoms with van der Waals surface area (Å²) >= 11 is 0. The Bertz CT molecular complexity index is 536. The van der Waals surface area contributed by atoms with Crippen LogP contribution in [0.15, 0.2) is 30.7 Å². The molecule has 2 atom stereocenters. The average molecular weight is 257 g/mol. The zero-order chi connectivity index (χ0) is 13.2. The molecule has 0 saturated carbocycles. The monoisotopic (exact) mass is 257 g/mol. The van der Waals surface area contributed by atoms with Crippen molar-refractivity contribution in [2.75, 3.05) is 20.1 Å². The van der Waals surface area contributed by atoms with E-state index in [-0.39, 0.29) is 0 Å². The zero-order valence-corrected chi connectivity index (χ0v) is 11.4. The maximum atomic E-state index is 4.32. The molecule has 2 unspecified atom stereocenters. The molecule has 0 bridgehead atoms. The third kappa shape index (κ3) is 2.51. The first-order valence-corrected chi connectivity index (χ1v) is 6.75. The van der Waals surface area contributed by atoms with E-state index in [9.17, 15) is 0 Å². The molecule has 0 N–H and O–H groups in total. The van der Waals surface area contributed by atoms with Crippen molar-refractivity contribution >= 4 is 0 Å². The van der Waals surface area contributed by atoms with Crippen molar-refractivity contribution in [3.8, 4) is 11.3 Å². The van der Waals surface area contributed by atoms with Crippen LogP contribution < -0.4 is 0 Å². The Labute approximate surface area is 113 Å². The predicted octanol–water partition coefficient (Wildman–Crippen LogP) is 1.85. The minimum Gasteiger partial charge on any atom is -0.304 e. The van der Waals surface area contributed by atoms with Gasteiger partial charge in [-0.2, -0.15) is 0 Å². The number of nitrogens with zero attached hydrogens (tertiary/aromatic N) is 5. The smallest absolute Gasteiger partial charge is 0.113 e. The highest BCUT2D eigenvalue weighted by molar-refractivity contribution is 5.56. The van der Waals surface area contributed by atoms with Crippen LogP contribution in [0.25, 0.3) is 11.3 Å². The summed E-state index contributed by atoms with van der Waals surface area (Å²) in [6.07, 6.45) is 6.83. The summed E-state index contributed by atoms with van der Waals surface area (Å²) in [7, 11) is 2.17. The highest BCUT2D eigenvalue weighted by Crippen LogP contribution is 2.27. The van der Waals surface area contributed by atoms with Gasteiger partial charge in [0.2, 0.25) is 0 Å². The van der Waals surface area contributed by atoms with Crippen molar-refractivity contribution in [3.63, 3.8) is 0 Å². The van der Waals surface area contributed by atoms with Gasteiger partial charge in [0.15, 0.2) is 0 Å². The van der Waals surface area contributed by atoms with Crippen molar-refractivity contribution < 1.29 is 0 Å². The van der Waals surface area contributed by atoms with E-state index in [0.29, 0.717) is 12.0 Å². The highest BCUT2D eigenvalue weighted by Gasteiger charge is 2.26. The number of hydrogen-bond acceptors (Lipinski definition) is 4. The van der Waals surface area contributed by atoms with E-state index >= 15 is 0 Å². The van der Waals surface area contributed by atoms with Gasteiger partial charge in [-0.15, -0.1) is 5.10 Å². The standard InChI is InChI=1S/C14H19N5/c1-11-5-8-18(2)10-14(11)19-9-13(16-17-19)12-3-6-15-7-4-12/h3-4,6-7,9,11,14H,5,8,10H2,1-2H3. The van der Waals surface area contributed by atoms with Gasteiger partial charge in [-0.1, -0.05) is 12.1 Å². The molecule has 0 aliphatic carbocycles. The molecule has 0 amide bonds. The number of rotatable bonds is 2. The van der Waals surface area contributed by atoms with Crippen LogP contribution in [0.3, 0.4) is 0 Å². The number of aromatic nitrogens is 4. The minimum atomic E-state index is 0.418. The summed E-state index contributed by atoms with van der Waals surface area (Å²) in [6.45, 7) is 4.51. The van der Waals surface area contributed by atoms with Gasteiger partial charge < -0.3 is 4.90 Å². The number of likely N-dealkylation sites (tertiary alicyclic amines) is 1. The maximum absolute atomic E-state index is 4.32. The van der Waals surface area contributed by atoms with Crippen molar-refractivity contribution in [2.45, 2.75) is 19.4 Å². The Kier molecular flexibility index (Phi) is 3.29. The molecule has 1 aliphatic rings. The van der Waals surface area contributed by atoms with Crippen LogP contribution >= 0.6 is 0 Å². The summed E-state index contributed by atoms with van der Waals surface area (Å²) < 4.78 is 2.02. The zero-order valence-electron chi connectivity index (χ0n) is 11.4. The average Bonchev–Trinajstić information content (AvgIpc) is 2.92. The Balaban J connectivity index is 1.85. The van der Waals surface area contributed by atoms with Gasteiger partial charge >= 0.3 is 0 Å². The fraction of sp³-hybridized carbons (Fsp3) is 0.500. The summed E-state index contributed by atoms with van der Waals surface area (Å²) in [6, 6.07) is 4.34. The van der Waals surface area contributed by atoms with E-state index in [0.717, 1.165) is 17.8 Å². The van der Waals surface area contributed by atoms with Crippen LogP contribution in [0.4, 0.5) is 0 Å². The number of likely N-dealkylation sites (N-methyl/N-ethyl adjacent to an activating group) is 1. The SMILES string of the molecule is CC1CCN(C)CC1n1cc(-c2ccncc2)nn1. The van der Waals surface area contributed by atoms with E-state index < -0.39 is 0 Å². The molecule has 19 heavy (non-hydrogen) atoms. The maximum Gasteiger partial charge on any atom is 0.113 e. The summed E-state index contributed by atoms with van der Waals surface area (Å²) in [5.74, 6) is 0.642. The van der Waals surface area contributed by atoms with E-state index in [4.69, 9.17) is 0 Å². The first-order chi connectivity index (χ1) is 9.24. The van der Waals surface area contributed by atoms with Crippen LogP contribution in [-0.2, 0) is 0 Å². The fourth-order valence-corrected chi connectivity index (χ4v) is 2.65. The van der Waals surface area contributed by atoms with Gasteiger partial charge in [-0.05, 0) is 38.1 Å². The molecule has 0 aromatic carbocycles. The molecule has 1 aliphatic heterocycles. The van der Waals surface area contributed by atoms with Crippen molar-refractivity contribution in [1.82, 2.24) is 24.9 Å². The highest BCUT2D eigenvalue weighted by atomic mass is 15.4. The van der Waals surface area contributed by atoms with E-state index in [2.05, 4.69) is 40.4 Å². The molecule has 3 rings (SSSR count). The fourth-order valence-electron chi connectivity index (χ4n) is 2.65. The predicted molar refractivity (Wildman–Crippen MR) is 73.6 cm³/mol. The second-order valence-corrected chi connectivity index (χ2v) is 5.42. The van der Waals surface area contributed by atoms with Gasteiger partial charge in [-0.25, -0.2) is 4.68 Å². The third-order valence-corrected chi connectivity index (χ3v) is 3.95. The van der Waals surface area contributed by atoms with Gasteiger partial charge in [0, 0.05) is 24.5 Å². The quantitative estimate of drug-likeness (QED) is 0.823. The summed E-state index contributed by atoms with van der Waals surface area (Å²) in [4.78, 5) is 6.39. The lowest BCUT2D eigenvalue weighted by atomic mass is 9.94. The molecule has 2 aromatic rings. The van der Waals surface area contributed by atoms with Crippen LogP contribution in [0.1, 0.15) is 19.4 Å². The molecule has 2 aromatic heterocycles. The summed E-state index contributed by atoms with van der Waals surface area (Å²) in [5, 5.41) is 8.61. The molecule has 0 radical (unpaired) electrons. The first kappa shape index (κ1) is 12.3. The molecule has 100 valence electrons. The number of piperidine rings is 1. The van der Waals surface area contributed by atoms with Gasteiger partial charge in [0.05, 0.1) is 12.2 Å². The van der Waals surface area contributed by atoms with E-state index in [1.165, 1.54) is 13.0 Å². The Morgan fingerprint density at radius 2 is 2.05 bits per heavy atom. The molecule has 1 fully saturated rings. The van der Waals surface area contributed by atoms with Crippen LogP contribution in [0, 0.1) is 5.92 Å². The van der Waals surface area contributed by atoms with Crippen LogP contribution in [-0.4, -0.2) is 45.0 Å². The van der Waals surface area contributed by atoms with E-state index in [1.807, 2.05) is 16.8 Å².